The Bertz CT molecular complexity index is 920. The number of rotatable bonds is 5. The third-order valence-electron chi connectivity index (χ3n) is 6.40. The Balaban J connectivity index is 1.35. The molecule has 0 bridgehead atoms. The van der Waals surface area contributed by atoms with E-state index in [9.17, 15) is 9.59 Å². The summed E-state index contributed by atoms with van der Waals surface area (Å²) in [7, 11) is 0. The van der Waals surface area contributed by atoms with Crippen molar-refractivity contribution >= 4 is 39.2 Å². The van der Waals surface area contributed by atoms with Gasteiger partial charge in [0.25, 0.3) is 5.56 Å². The molecule has 4 rings (SSSR count). The van der Waals surface area contributed by atoms with Gasteiger partial charge in [0, 0.05) is 10.9 Å². The molecule has 0 aliphatic heterocycles. The number of carbonyl (C=O) groups excluding carboxylic acids is 1. The lowest BCUT2D eigenvalue weighted by atomic mass is 9.78. The maximum Gasteiger partial charge on any atom is 0.259 e. The molecule has 0 spiro atoms. The first-order chi connectivity index (χ1) is 13.5. The van der Waals surface area contributed by atoms with Crippen LogP contribution in [0.25, 0.3) is 10.2 Å². The number of fused-ring (bicyclic) bond motifs is 3. The molecule has 1 amide bonds. The summed E-state index contributed by atoms with van der Waals surface area (Å²) < 4.78 is 0. The Morgan fingerprint density at radius 1 is 1.25 bits per heavy atom. The van der Waals surface area contributed by atoms with E-state index < -0.39 is 0 Å². The van der Waals surface area contributed by atoms with E-state index in [1.807, 2.05) is 0 Å². The van der Waals surface area contributed by atoms with Crippen molar-refractivity contribution in [1.82, 2.24) is 15.3 Å². The number of aryl methyl sites for hydroxylation is 2. The quantitative estimate of drug-likeness (QED) is 0.767. The van der Waals surface area contributed by atoms with Crippen LogP contribution in [0.2, 0.25) is 0 Å². The maximum atomic E-state index is 12.6. The SMILES string of the molecule is C[C@H]1[C@@H](NC(=O)CSCc2nc3sc4c(c3c(=O)[nH]2)CCCC4)CCC[C@@H]1C. The van der Waals surface area contributed by atoms with E-state index in [1.165, 1.54) is 41.5 Å². The summed E-state index contributed by atoms with van der Waals surface area (Å²) in [6.07, 6.45) is 7.95. The van der Waals surface area contributed by atoms with Crippen molar-refractivity contribution in [3.05, 3.63) is 26.6 Å². The third-order valence-corrected chi connectivity index (χ3v) is 8.53. The van der Waals surface area contributed by atoms with Crippen LogP contribution in [0.3, 0.4) is 0 Å². The van der Waals surface area contributed by atoms with E-state index in [0.29, 0.717) is 35.2 Å². The van der Waals surface area contributed by atoms with Crippen molar-refractivity contribution in [2.24, 2.45) is 11.8 Å². The predicted octanol–water partition coefficient (Wildman–Crippen LogP) is 4.04. The molecule has 0 saturated heterocycles. The first-order valence-corrected chi connectivity index (χ1v) is 12.4. The first kappa shape index (κ1) is 20.0. The van der Waals surface area contributed by atoms with Gasteiger partial charge in [-0.2, -0.15) is 0 Å². The molecule has 5 nitrogen and oxygen atoms in total. The monoisotopic (exact) mass is 419 g/mol. The van der Waals surface area contributed by atoms with Crippen LogP contribution in [0.4, 0.5) is 0 Å². The average molecular weight is 420 g/mol. The molecule has 1 saturated carbocycles. The van der Waals surface area contributed by atoms with Gasteiger partial charge in [-0.05, 0) is 49.5 Å². The van der Waals surface area contributed by atoms with Gasteiger partial charge < -0.3 is 10.3 Å². The van der Waals surface area contributed by atoms with Gasteiger partial charge >= 0.3 is 0 Å². The molecule has 2 aliphatic carbocycles. The van der Waals surface area contributed by atoms with E-state index in [1.54, 1.807) is 11.3 Å². The normalized spacial score (nSPS) is 24.9. The Labute approximate surface area is 174 Å². The fourth-order valence-electron chi connectivity index (χ4n) is 4.55. The first-order valence-electron chi connectivity index (χ1n) is 10.4. The fraction of sp³-hybridized carbons (Fsp3) is 0.667. The lowest BCUT2D eigenvalue weighted by Crippen LogP contribution is -2.44. The summed E-state index contributed by atoms with van der Waals surface area (Å²) in [5.74, 6) is 2.93. The minimum atomic E-state index is -0.0190. The number of hydrogen-bond donors (Lipinski definition) is 2. The van der Waals surface area contributed by atoms with Crippen molar-refractivity contribution in [2.75, 3.05) is 5.75 Å². The zero-order valence-electron chi connectivity index (χ0n) is 16.7. The lowest BCUT2D eigenvalue weighted by molar-refractivity contribution is -0.119. The van der Waals surface area contributed by atoms with Gasteiger partial charge in [-0.25, -0.2) is 4.98 Å². The van der Waals surface area contributed by atoms with Crippen LogP contribution in [0.15, 0.2) is 4.79 Å². The molecule has 3 atom stereocenters. The summed E-state index contributed by atoms with van der Waals surface area (Å²) in [6, 6.07) is 0.295. The Hall–Kier alpha value is -1.34. The molecule has 0 unspecified atom stereocenters. The number of aromatic amines is 1. The molecule has 0 radical (unpaired) electrons. The summed E-state index contributed by atoms with van der Waals surface area (Å²) >= 11 is 3.19. The molecular weight excluding hydrogens is 390 g/mol. The van der Waals surface area contributed by atoms with Crippen molar-refractivity contribution < 1.29 is 4.79 Å². The van der Waals surface area contributed by atoms with Crippen LogP contribution in [0.1, 0.15) is 62.2 Å². The van der Waals surface area contributed by atoms with E-state index >= 15 is 0 Å². The highest BCUT2D eigenvalue weighted by Gasteiger charge is 2.28. The Morgan fingerprint density at radius 2 is 2.07 bits per heavy atom. The van der Waals surface area contributed by atoms with Gasteiger partial charge in [-0.15, -0.1) is 23.1 Å². The van der Waals surface area contributed by atoms with Gasteiger partial charge in [-0.1, -0.05) is 26.7 Å². The van der Waals surface area contributed by atoms with Crippen molar-refractivity contribution in [3.63, 3.8) is 0 Å². The van der Waals surface area contributed by atoms with E-state index in [4.69, 9.17) is 0 Å². The minimum Gasteiger partial charge on any atom is -0.352 e. The second-order valence-electron chi connectivity index (χ2n) is 8.34. The molecule has 2 heterocycles. The number of carbonyl (C=O) groups is 1. The Kier molecular flexibility index (Phi) is 6.11. The van der Waals surface area contributed by atoms with E-state index in [2.05, 4.69) is 29.1 Å². The summed E-state index contributed by atoms with van der Waals surface area (Å²) in [4.78, 5) is 34.7. The summed E-state index contributed by atoms with van der Waals surface area (Å²) in [5.41, 5.74) is 1.20. The highest BCUT2D eigenvalue weighted by molar-refractivity contribution is 7.99. The number of H-pyrrole nitrogens is 1. The molecule has 0 aromatic carbocycles. The van der Waals surface area contributed by atoms with Gasteiger partial charge in [0.15, 0.2) is 0 Å². The fourth-order valence-corrected chi connectivity index (χ4v) is 6.53. The largest absolute Gasteiger partial charge is 0.352 e. The van der Waals surface area contributed by atoms with E-state index in [0.717, 1.165) is 35.9 Å². The second kappa shape index (κ2) is 8.57. The number of thiophene rings is 1. The van der Waals surface area contributed by atoms with Gasteiger partial charge in [-0.3, -0.25) is 9.59 Å². The van der Waals surface area contributed by atoms with Crippen LogP contribution in [0, 0.1) is 11.8 Å². The molecule has 2 aliphatic rings. The van der Waals surface area contributed by atoms with Gasteiger partial charge in [0.05, 0.1) is 16.9 Å². The number of amides is 1. The zero-order chi connectivity index (χ0) is 19.7. The highest BCUT2D eigenvalue weighted by Crippen LogP contribution is 2.33. The molecule has 28 heavy (non-hydrogen) atoms. The molecular formula is C21H29N3O2S2. The van der Waals surface area contributed by atoms with Crippen LogP contribution in [-0.4, -0.2) is 27.7 Å². The molecule has 2 aromatic heterocycles. The average Bonchev–Trinajstić information content (AvgIpc) is 3.04. The lowest BCUT2D eigenvalue weighted by Gasteiger charge is -2.34. The molecule has 152 valence electrons. The van der Waals surface area contributed by atoms with Gasteiger partial charge in [0.1, 0.15) is 10.7 Å². The predicted molar refractivity (Wildman–Crippen MR) is 117 cm³/mol. The summed E-state index contributed by atoms with van der Waals surface area (Å²) in [6.45, 7) is 4.52. The topological polar surface area (TPSA) is 74.8 Å². The van der Waals surface area contributed by atoms with Crippen molar-refractivity contribution in [1.29, 1.82) is 0 Å². The molecule has 1 fully saturated rings. The van der Waals surface area contributed by atoms with Crippen LogP contribution in [-0.2, 0) is 23.4 Å². The standard InChI is InChI=1S/C21H29N3O2S2/c1-12-6-5-8-15(13(12)2)22-18(25)11-27-10-17-23-20(26)19-14-7-3-4-9-16(14)28-21(19)24-17/h12-13,15H,3-11H2,1-2H3,(H,22,25)(H,23,24,26)/t12-,13+,15-/m0/s1. The minimum absolute atomic E-state index is 0.0190. The maximum absolute atomic E-state index is 12.6. The number of nitrogens with one attached hydrogen (secondary N) is 2. The van der Waals surface area contributed by atoms with Crippen LogP contribution >= 0.6 is 23.1 Å². The highest BCUT2D eigenvalue weighted by atomic mass is 32.2. The van der Waals surface area contributed by atoms with E-state index in [-0.39, 0.29) is 11.5 Å². The van der Waals surface area contributed by atoms with Gasteiger partial charge in [0.2, 0.25) is 5.91 Å². The smallest absolute Gasteiger partial charge is 0.259 e. The number of thioether (sulfide) groups is 1. The van der Waals surface area contributed by atoms with Crippen molar-refractivity contribution in [3.8, 4) is 0 Å². The van der Waals surface area contributed by atoms with Crippen LogP contribution < -0.4 is 10.9 Å². The number of hydrogen-bond acceptors (Lipinski definition) is 5. The second-order valence-corrected chi connectivity index (χ2v) is 10.4. The zero-order valence-corrected chi connectivity index (χ0v) is 18.3. The third kappa shape index (κ3) is 4.15. The number of nitrogens with zero attached hydrogens (tertiary/aromatic N) is 1. The van der Waals surface area contributed by atoms with Crippen molar-refractivity contribution in [2.45, 2.75) is 70.6 Å². The Morgan fingerprint density at radius 3 is 2.93 bits per heavy atom. The molecule has 7 heteroatoms. The molecule has 2 N–H and O–H groups in total. The molecule has 2 aromatic rings. The summed E-state index contributed by atoms with van der Waals surface area (Å²) in [5, 5.41) is 4.01. The number of aromatic nitrogens is 2. The van der Waals surface area contributed by atoms with Crippen LogP contribution in [0.5, 0.6) is 0 Å².